The first-order valence-electron chi connectivity index (χ1n) is 6.61. The third-order valence-electron chi connectivity index (χ3n) is 3.80. The minimum Gasteiger partial charge on any atom is -0.480 e. The molecule has 1 N–H and O–H groups in total. The van der Waals surface area contributed by atoms with Crippen molar-refractivity contribution in [2.75, 3.05) is 6.54 Å². The fourth-order valence-electron chi connectivity index (χ4n) is 2.47. The van der Waals surface area contributed by atoms with E-state index in [0.29, 0.717) is 18.5 Å². The van der Waals surface area contributed by atoms with Crippen LogP contribution in [0.1, 0.15) is 40.7 Å². The number of amides is 1. The lowest BCUT2D eigenvalue weighted by molar-refractivity contribution is -0.143. The number of hydrogen-bond donors (Lipinski definition) is 1. The van der Waals surface area contributed by atoms with Gasteiger partial charge in [0.05, 0.1) is 0 Å². The Morgan fingerprint density at radius 3 is 2.58 bits per heavy atom. The maximum atomic E-state index is 12.4. The Kier molecular flexibility index (Phi) is 3.88. The van der Waals surface area contributed by atoms with E-state index >= 15 is 0 Å². The molecule has 0 saturated carbocycles. The number of benzene rings is 1. The lowest BCUT2D eigenvalue weighted by atomic mass is 9.99. The van der Waals surface area contributed by atoms with Gasteiger partial charge in [0.2, 0.25) is 0 Å². The molecule has 1 aromatic carbocycles. The molecule has 1 saturated heterocycles. The van der Waals surface area contributed by atoms with E-state index in [4.69, 9.17) is 0 Å². The molecule has 4 nitrogen and oxygen atoms in total. The number of carbonyl (C=O) groups is 2. The van der Waals surface area contributed by atoms with Crippen LogP contribution in [0.4, 0.5) is 0 Å². The molecule has 1 aliphatic rings. The van der Waals surface area contributed by atoms with E-state index in [0.717, 1.165) is 24.0 Å². The normalized spacial score (nSPS) is 19.3. The Balaban J connectivity index is 2.26. The minimum absolute atomic E-state index is 0.171. The number of aryl methyl sites for hydroxylation is 2. The van der Waals surface area contributed by atoms with Crippen LogP contribution in [0.2, 0.25) is 0 Å². The summed E-state index contributed by atoms with van der Waals surface area (Å²) >= 11 is 0. The summed E-state index contributed by atoms with van der Waals surface area (Å²) in [7, 11) is 0. The maximum absolute atomic E-state index is 12.4. The molecule has 102 valence electrons. The molecule has 1 atom stereocenters. The summed E-state index contributed by atoms with van der Waals surface area (Å²) in [6.07, 6.45) is 2.29. The third-order valence-corrected chi connectivity index (χ3v) is 3.80. The van der Waals surface area contributed by atoms with Gasteiger partial charge in [-0.15, -0.1) is 0 Å². The average molecular weight is 261 g/mol. The van der Waals surface area contributed by atoms with Gasteiger partial charge in [0.15, 0.2) is 0 Å². The van der Waals surface area contributed by atoms with E-state index in [1.54, 1.807) is 6.07 Å². The number of carboxylic acid groups (broad SMARTS) is 1. The first-order valence-corrected chi connectivity index (χ1v) is 6.61. The van der Waals surface area contributed by atoms with E-state index in [9.17, 15) is 14.7 Å². The molecular formula is C15H19NO3. The Bertz CT molecular complexity index is 510. The number of piperidine rings is 1. The number of carbonyl (C=O) groups excluding carboxylic acids is 1. The number of carboxylic acids is 1. The quantitative estimate of drug-likeness (QED) is 0.889. The molecule has 0 bridgehead atoms. The van der Waals surface area contributed by atoms with Crippen molar-refractivity contribution in [3.63, 3.8) is 0 Å². The van der Waals surface area contributed by atoms with E-state index in [-0.39, 0.29) is 5.91 Å². The van der Waals surface area contributed by atoms with Crippen molar-refractivity contribution in [2.45, 2.75) is 39.2 Å². The second kappa shape index (κ2) is 5.43. The van der Waals surface area contributed by atoms with Crippen LogP contribution in [0, 0.1) is 13.8 Å². The van der Waals surface area contributed by atoms with Gasteiger partial charge in [-0.2, -0.15) is 0 Å². The monoisotopic (exact) mass is 261 g/mol. The molecule has 0 unspecified atom stereocenters. The van der Waals surface area contributed by atoms with Crippen molar-refractivity contribution in [3.05, 3.63) is 34.9 Å². The second-order valence-corrected chi connectivity index (χ2v) is 5.15. The zero-order valence-electron chi connectivity index (χ0n) is 11.3. The van der Waals surface area contributed by atoms with Crippen molar-refractivity contribution >= 4 is 11.9 Å². The van der Waals surface area contributed by atoms with Gasteiger partial charge < -0.3 is 10.0 Å². The zero-order chi connectivity index (χ0) is 14.0. The molecular weight excluding hydrogens is 242 g/mol. The highest BCUT2D eigenvalue weighted by molar-refractivity contribution is 5.97. The van der Waals surface area contributed by atoms with Crippen molar-refractivity contribution in [1.82, 2.24) is 4.90 Å². The molecule has 1 aliphatic heterocycles. The highest BCUT2D eigenvalue weighted by Crippen LogP contribution is 2.21. The fraction of sp³-hybridized carbons (Fsp3) is 0.467. The Labute approximate surface area is 113 Å². The van der Waals surface area contributed by atoms with E-state index < -0.39 is 12.0 Å². The minimum atomic E-state index is -0.906. The van der Waals surface area contributed by atoms with Crippen LogP contribution in [-0.2, 0) is 4.79 Å². The van der Waals surface area contributed by atoms with Crippen LogP contribution in [0.25, 0.3) is 0 Å². The van der Waals surface area contributed by atoms with Gasteiger partial charge in [0.1, 0.15) is 6.04 Å². The first-order chi connectivity index (χ1) is 9.00. The van der Waals surface area contributed by atoms with Crippen LogP contribution in [0.3, 0.4) is 0 Å². The van der Waals surface area contributed by atoms with Crippen molar-refractivity contribution in [3.8, 4) is 0 Å². The largest absolute Gasteiger partial charge is 0.480 e. The standard InChI is InChI=1S/C15H19NO3/c1-10-6-7-12(9-11(10)2)14(17)16-8-4-3-5-13(16)15(18)19/h6-7,9,13H,3-5,8H2,1-2H3,(H,18,19)/t13-/m0/s1. The third kappa shape index (κ3) is 2.78. The van der Waals surface area contributed by atoms with Crippen LogP contribution in [-0.4, -0.2) is 34.5 Å². The van der Waals surface area contributed by atoms with Crippen molar-refractivity contribution in [1.29, 1.82) is 0 Å². The molecule has 4 heteroatoms. The summed E-state index contributed by atoms with van der Waals surface area (Å²) < 4.78 is 0. The smallest absolute Gasteiger partial charge is 0.326 e. The van der Waals surface area contributed by atoms with Crippen LogP contribution in [0.15, 0.2) is 18.2 Å². The number of nitrogens with zero attached hydrogens (tertiary/aromatic N) is 1. The summed E-state index contributed by atoms with van der Waals surface area (Å²) in [6, 6.07) is 4.84. The van der Waals surface area contributed by atoms with E-state index in [1.165, 1.54) is 4.90 Å². The summed E-state index contributed by atoms with van der Waals surface area (Å²) in [5, 5.41) is 9.21. The van der Waals surface area contributed by atoms with Gasteiger partial charge in [-0.05, 0) is 56.4 Å². The number of likely N-dealkylation sites (tertiary alicyclic amines) is 1. The molecule has 0 aromatic heterocycles. The lowest BCUT2D eigenvalue weighted by Crippen LogP contribution is -2.48. The predicted molar refractivity (Wildman–Crippen MR) is 72.2 cm³/mol. The van der Waals surface area contributed by atoms with E-state index in [2.05, 4.69) is 0 Å². The van der Waals surface area contributed by atoms with Crippen LogP contribution < -0.4 is 0 Å². The summed E-state index contributed by atoms with van der Waals surface area (Å²) in [5.41, 5.74) is 2.76. The van der Waals surface area contributed by atoms with Crippen LogP contribution >= 0.6 is 0 Å². The molecule has 1 heterocycles. The Morgan fingerprint density at radius 2 is 1.95 bits per heavy atom. The van der Waals surface area contributed by atoms with Gasteiger partial charge in [0, 0.05) is 12.1 Å². The van der Waals surface area contributed by atoms with Gasteiger partial charge in [-0.1, -0.05) is 6.07 Å². The molecule has 0 radical (unpaired) electrons. The zero-order valence-corrected chi connectivity index (χ0v) is 11.3. The summed E-state index contributed by atoms with van der Waals surface area (Å²) in [6.45, 7) is 4.48. The predicted octanol–water partition coefficient (Wildman–Crippen LogP) is 2.38. The van der Waals surface area contributed by atoms with Crippen molar-refractivity contribution in [2.24, 2.45) is 0 Å². The highest BCUT2D eigenvalue weighted by Gasteiger charge is 2.32. The number of rotatable bonds is 2. The molecule has 2 rings (SSSR count). The lowest BCUT2D eigenvalue weighted by Gasteiger charge is -2.33. The highest BCUT2D eigenvalue weighted by atomic mass is 16.4. The molecule has 19 heavy (non-hydrogen) atoms. The maximum Gasteiger partial charge on any atom is 0.326 e. The topological polar surface area (TPSA) is 57.6 Å². The van der Waals surface area contributed by atoms with Crippen molar-refractivity contribution < 1.29 is 14.7 Å². The number of aliphatic carboxylic acids is 1. The van der Waals surface area contributed by atoms with E-state index in [1.807, 2.05) is 26.0 Å². The molecule has 0 spiro atoms. The van der Waals surface area contributed by atoms with Gasteiger partial charge in [-0.3, -0.25) is 4.79 Å². The molecule has 0 aliphatic carbocycles. The molecule has 1 fully saturated rings. The van der Waals surface area contributed by atoms with Crippen LogP contribution in [0.5, 0.6) is 0 Å². The molecule has 1 amide bonds. The number of hydrogen-bond acceptors (Lipinski definition) is 2. The Hall–Kier alpha value is -1.84. The fourth-order valence-corrected chi connectivity index (χ4v) is 2.47. The van der Waals surface area contributed by atoms with Gasteiger partial charge in [-0.25, -0.2) is 4.79 Å². The van der Waals surface area contributed by atoms with Gasteiger partial charge in [0.25, 0.3) is 5.91 Å². The first kappa shape index (κ1) is 13.6. The molecule has 1 aromatic rings. The summed E-state index contributed by atoms with van der Waals surface area (Å²) in [4.78, 5) is 25.2. The average Bonchev–Trinajstić information content (AvgIpc) is 2.41. The SMILES string of the molecule is Cc1ccc(C(=O)N2CCCC[C@H]2C(=O)O)cc1C. The summed E-state index contributed by atoms with van der Waals surface area (Å²) in [5.74, 6) is -1.08. The Morgan fingerprint density at radius 1 is 1.21 bits per heavy atom. The van der Waals surface area contributed by atoms with Gasteiger partial charge >= 0.3 is 5.97 Å². The second-order valence-electron chi connectivity index (χ2n) is 5.15.